The number of nitrogens with zero attached hydrogens (tertiary/aromatic N) is 1. The second kappa shape index (κ2) is 12.1. The number of hydrogen-bond donors (Lipinski definition) is 4. The number of para-hydroxylation sites is 1. The van der Waals surface area contributed by atoms with E-state index in [1.165, 1.54) is 26.0 Å². The number of ether oxygens (including phenoxy) is 3. The minimum atomic E-state index is -4.30. The molecule has 39 heavy (non-hydrogen) atoms. The smallest absolute Gasteiger partial charge is 0.459 e. The first kappa shape index (κ1) is 29.2. The zero-order chi connectivity index (χ0) is 28.2. The van der Waals surface area contributed by atoms with Crippen LogP contribution >= 0.6 is 7.75 Å². The van der Waals surface area contributed by atoms with E-state index in [9.17, 15) is 29.2 Å². The third-order valence-corrected chi connectivity index (χ3v) is 8.04. The van der Waals surface area contributed by atoms with Crippen molar-refractivity contribution in [2.24, 2.45) is 0 Å². The van der Waals surface area contributed by atoms with E-state index in [0.29, 0.717) is 26.1 Å². The highest BCUT2D eigenvalue weighted by Gasteiger charge is 2.54. The number of H-pyrrole nitrogens is 1. The molecule has 3 heterocycles. The zero-order valence-corrected chi connectivity index (χ0v) is 22.3. The van der Waals surface area contributed by atoms with E-state index in [0.717, 1.165) is 16.8 Å². The minimum Gasteiger partial charge on any atom is -0.461 e. The van der Waals surface area contributed by atoms with Crippen LogP contribution in [-0.2, 0) is 28.1 Å². The summed E-state index contributed by atoms with van der Waals surface area (Å²) >= 11 is 0. The molecule has 4 N–H and O–H groups in total. The van der Waals surface area contributed by atoms with Gasteiger partial charge in [-0.25, -0.2) is 9.36 Å². The average molecular weight is 570 g/mol. The van der Waals surface area contributed by atoms with Gasteiger partial charge in [0.1, 0.15) is 35.7 Å². The van der Waals surface area contributed by atoms with Crippen LogP contribution in [0.4, 0.5) is 0 Å². The van der Waals surface area contributed by atoms with Gasteiger partial charge in [0.2, 0.25) is 0 Å². The number of aliphatic hydroxyl groups excluding tert-OH is 1. The number of aromatic amines is 1. The fourth-order valence-corrected chi connectivity index (χ4v) is 5.72. The molecule has 0 amide bonds. The maximum Gasteiger partial charge on any atom is 0.459 e. The number of aliphatic hydroxyl groups is 2. The molecule has 214 valence electrons. The molecule has 2 fully saturated rings. The summed E-state index contributed by atoms with van der Waals surface area (Å²) in [5.74, 6) is -0.490. The van der Waals surface area contributed by atoms with Crippen molar-refractivity contribution in [1.82, 2.24) is 14.6 Å². The van der Waals surface area contributed by atoms with Gasteiger partial charge in [-0.15, -0.1) is 0 Å². The Morgan fingerprint density at radius 3 is 2.62 bits per heavy atom. The number of rotatable bonds is 10. The Morgan fingerprint density at radius 1 is 1.26 bits per heavy atom. The molecule has 0 bridgehead atoms. The van der Waals surface area contributed by atoms with Gasteiger partial charge in [0.15, 0.2) is 6.23 Å². The van der Waals surface area contributed by atoms with Crippen molar-refractivity contribution in [3.05, 3.63) is 63.4 Å². The van der Waals surface area contributed by atoms with Gasteiger partial charge < -0.3 is 28.9 Å². The van der Waals surface area contributed by atoms with E-state index in [1.807, 2.05) is 0 Å². The fraction of sp³-hybridized carbons (Fsp3) is 0.542. The van der Waals surface area contributed by atoms with Crippen molar-refractivity contribution in [2.45, 2.75) is 62.9 Å². The Morgan fingerprint density at radius 2 is 1.95 bits per heavy atom. The number of esters is 1. The lowest BCUT2D eigenvalue weighted by Gasteiger charge is -2.27. The van der Waals surface area contributed by atoms with Crippen molar-refractivity contribution in [3.8, 4) is 5.75 Å². The minimum absolute atomic E-state index is 0.177. The Hall–Kier alpha value is -2.84. The number of nitrogens with one attached hydrogen (secondary N) is 2. The van der Waals surface area contributed by atoms with Crippen LogP contribution in [0, 0.1) is 0 Å². The van der Waals surface area contributed by atoms with E-state index >= 15 is 0 Å². The van der Waals surface area contributed by atoms with Crippen molar-refractivity contribution in [1.29, 1.82) is 0 Å². The maximum atomic E-state index is 13.8. The molecule has 1 aromatic heterocycles. The highest BCUT2D eigenvalue weighted by molar-refractivity contribution is 7.52. The average Bonchev–Trinajstić information content (AvgIpc) is 3.12. The van der Waals surface area contributed by atoms with Crippen molar-refractivity contribution in [3.63, 3.8) is 0 Å². The predicted octanol–water partition coefficient (Wildman–Crippen LogP) is 0.450. The molecule has 0 aliphatic carbocycles. The van der Waals surface area contributed by atoms with Crippen LogP contribution < -0.4 is 20.9 Å². The Balaban J connectivity index is 1.48. The molecule has 15 heteroatoms. The monoisotopic (exact) mass is 569 g/mol. The highest BCUT2D eigenvalue weighted by atomic mass is 31.2. The summed E-state index contributed by atoms with van der Waals surface area (Å²) in [7, 11) is -4.30. The van der Waals surface area contributed by atoms with E-state index in [4.69, 9.17) is 23.3 Å². The Kier molecular flexibility index (Phi) is 9.07. The molecule has 1 aromatic carbocycles. The third-order valence-electron chi connectivity index (χ3n) is 6.39. The summed E-state index contributed by atoms with van der Waals surface area (Å²) in [4.78, 5) is 38.4. The normalized spacial score (nSPS) is 27.9. The lowest BCUT2D eigenvalue weighted by molar-refractivity contribution is -0.154. The molecule has 2 aliphatic rings. The third kappa shape index (κ3) is 7.03. The van der Waals surface area contributed by atoms with Crippen LogP contribution in [0.3, 0.4) is 0 Å². The molecular weight excluding hydrogens is 537 g/mol. The largest absolute Gasteiger partial charge is 0.461 e. The van der Waals surface area contributed by atoms with Crippen LogP contribution in [0.5, 0.6) is 5.75 Å². The topological polar surface area (TPSA) is 188 Å². The lowest BCUT2D eigenvalue weighted by atomic mass is 9.96. The summed E-state index contributed by atoms with van der Waals surface area (Å²) in [6.07, 6.45) is -2.39. The SMILES string of the molecule is C[C@H](NP(=O)(OC[C@H]1O[C@@H](n2ccc(=O)[nH]c2=O)[C@](C)(O)[C@@H]1O)Oc1ccccc1)C(=O)OC1CCOCC1. The van der Waals surface area contributed by atoms with Crippen LogP contribution in [0.1, 0.15) is 32.9 Å². The van der Waals surface area contributed by atoms with E-state index in [1.54, 1.807) is 18.2 Å². The van der Waals surface area contributed by atoms with Gasteiger partial charge in [0.25, 0.3) is 5.56 Å². The van der Waals surface area contributed by atoms with Gasteiger partial charge in [-0.3, -0.25) is 23.7 Å². The first-order chi connectivity index (χ1) is 18.5. The molecule has 1 unspecified atom stereocenters. The van der Waals surface area contributed by atoms with Gasteiger partial charge in [0, 0.05) is 25.1 Å². The zero-order valence-electron chi connectivity index (χ0n) is 21.4. The van der Waals surface area contributed by atoms with Crippen molar-refractivity contribution < 1.29 is 42.8 Å². The van der Waals surface area contributed by atoms with E-state index in [2.05, 4.69) is 10.1 Å². The molecule has 0 saturated carbocycles. The quantitative estimate of drug-likeness (QED) is 0.229. The standard InChI is InChI=1S/C24H32N3O11P/c1-15(21(30)36-16-9-12-34-13-10-16)26-39(33,38-17-6-4-3-5-7-17)35-14-18-20(29)24(2,32)22(37-18)27-11-8-19(28)25-23(27)31/h3-8,11,15-16,18,20,22,29,32H,9-10,12-14H2,1-2H3,(H,26,33)(H,25,28,31)/t15-,18+,20+,22+,24+,39?/m0/s1. The van der Waals surface area contributed by atoms with Gasteiger partial charge in [-0.2, -0.15) is 5.09 Å². The molecule has 4 rings (SSSR count). The highest BCUT2D eigenvalue weighted by Crippen LogP contribution is 2.46. The number of benzene rings is 1. The van der Waals surface area contributed by atoms with Gasteiger partial charge in [-0.1, -0.05) is 18.2 Å². The predicted molar refractivity (Wildman–Crippen MR) is 135 cm³/mol. The summed E-state index contributed by atoms with van der Waals surface area (Å²) in [6.45, 7) is 3.06. The van der Waals surface area contributed by atoms with Crippen molar-refractivity contribution in [2.75, 3.05) is 19.8 Å². The molecule has 6 atom stereocenters. The number of hydrogen-bond acceptors (Lipinski definition) is 11. The maximum absolute atomic E-state index is 13.8. The molecule has 2 aliphatic heterocycles. The molecule has 14 nitrogen and oxygen atoms in total. The number of carbonyl (C=O) groups is 1. The van der Waals surface area contributed by atoms with Crippen LogP contribution in [0.2, 0.25) is 0 Å². The Labute approximate surface area is 223 Å². The van der Waals surface area contributed by atoms with Crippen LogP contribution in [-0.4, -0.2) is 75.5 Å². The van der Waals surface area contributed by atoms with Crippen LogP contribution in [0.15, 0.2) is 52.2 Å². The lowest BCUT2D eigenvalue weighted by Crippen LogP contribution is -2.47. The number of carbonyl (C=O) groups excluding carboxylic acids is 1. The summed E-state index contributed by atoms with van der Waals surface area (Å²) < 4.78 is 42.3. The van der Waals surface area contributed by atoms with Gasteiger partial charge in [0.05, 0.1) is 19.8 Å². The van der Waals surface area contributed by atoms with Gasteiger partial charge in [-0.05, 0) is 26.0 Å². The molecule has 0 spiro atoms. The van der Waals surface area contributed by atoms with Gasteiger partial charge >= 0.3 is 19.4 Å². The van der Waals surface area contributed by atoms with Crippen molar-refractivity contribution >= 4 is 13.7 Å². The summed E-state index contributed by atoms with van der Waals surface area (Å²) in [6, 6.07) is 8.05. The van der Waals surface area contributed by atoms with E-state index < -0.39 is 61.7 Å². The fourth-order valence-electron chi connectivity index (χ4n) is 4.22. The Bertz CT molecular complexity index is 1290. The second-order valence-electron chi connectivity index (χ2n) is 9.51. The molecule has 2 aromatic rings. The summed E-state index contributed by atoms with van der Waals surface area (Å²) in [5, 5.41) is 24.2. The molecule has 2 saturated heterocycles. The second-order valence-corrected chi connectivity index (χ2v) is 11.2. The van der Waals surface area contributed by atoms with E-state index in [-0.39, 0.29) is 11.9 Å². The van der Waals surface area contributed by atoms with Crippen LogP contribution in [0.25, 0.3) is 0 Å². The number of aromatic nitrogens is 2. The molecular formula is C24H32N3O11P. The first-order valence-corrected chi connectivity index (χ1v) is 14.0. The first-order valence-electron chi connectivity index (χ1n) is 12.4. The molecule has 0 radical (unpaired) electrons. The summed E-state index contributed by atoms with van der Waals surface area (Å²) in [5.41, 5.74) is -3.50.